The Morgan fingerprint density at radius 1 is 1.54 bits per heavy atom. The van der Waals surface area contributed by atoms with E-state index >= 15 is 0 Å². The molecule has 1 aromatic carbocycles. The molecule has 0 saturated heterocycles. The van der Waals surface area contributed by atoms with E-state index in [2.05, 4.69) is 27.8 Å². The first-order valence-corrected chi connectivity index (χ1v) is 5.98. The molecule has 0 radical (unpaired) electrons. The number of hydrogen-bond donors (Lipinski definition) is 0. The molecule has 2 rings (SSSR count). The van der Waals surface area contributed by atoms with Gasteiger partial charge in [-0.2, -0.15) is 0 Å². The highest BCUT2D eigenvalue weighted by Gasteiger charge is 2.07. The van der Waals surface area contributed by atoms with E-state index in [4.69, 9.17) is 11.6 Å². The fourth-order valence-corrected chi connectivity index (χ4v) is 2.51. The summed E-state index contributed by atoms with van der Waals surface area (Å²) in [5.74, 6) is 0. The molecule has 0 amide bonds. The van der Waals surface area contributed by atoms with Gasteiger partial charge < -0.3 is 0 Å². The molecule has 0 spiro atoms. The number of hydrogen-bond acceptors (Lipinski definition) is 2. The van der Waals surface area contributed by atoms with E-state index in [-0.39, 0.29) is 0 Å². The second-order valence-electron chi connectivity index (χ2n) is 2.78. The Balaban J connectivity index is 2.62. The Labute approximate surface area is 93.9 Å². The van der Waals surface area contributed by atoms with Gasteiger partial charge in [0.2, 0.25) is 0 Å². The van der Waals surface area contributed by atoms with Crippen molar-refractivity contribution in [1.29, 1.82) is 0 Å². The standard InChI is InChI=1S/C9H7BrClNS/c1-5(10)9-12-7-4-6(11)2-3-8(7)13-9/h2-5H,1H3. The van der Waals surface area contributed by atoms with Gasteiger partial charge >= 0.3 is 0 Å². The fraction of sp³-hybridized carbons (Fsp3) is 0.222. The number of alkyl halides is 1. The monoisotopic (exact) mass is 275 g/mol. The molecule has 0 aliphatic rings. The molecule has 1 heterocycles. The lowest BCUT2D eigenvalue weighted by Crippen LogP contribution is -1.78. The predicted molar refractivity (Wildman–Crippen MR) is 62.0 cm³/mol. The largest absolute Gasteiger partial charge is 0.240 e. The molecule has 2 aromatic rings. The lowest BCUT2D eigenvalue weighted by molar-refractivity contribution is 1.09. The summed E-state index contributed by atoms with van der Waals surface area (Å²) < 4.78 is 1.19. The summed E-state index contributed by atoms with van der Waals surface area (Å²) >= 11 is 11.1. The van der Waals surface area contributed by atoms with E-state index in [1.165, 1.54) is 4.70 Å². The smallest absolute Gasteiger partial charge is 0.107 e. The molecule has 0 saturated carbocycles. The van der Waals surface area contributed by atoms with Crippen LogP contribution in [0.3, 0.4) is 0 Å². The average Bonchev–Trinajstić information content (AvgIpc) is 2.46. The van der Waals surface area contributed by atoms with Crippen LogP contribution in [0.2, 0.25) is 5.02 Å². The summed E-state index contributed by atoms with van der Waals surface area (Å²) in [6.07, 6.45) is 0. The highest BCUT2D eigenvalue weighted by Crippen LogP contribution is 2.31. The maximum absolute atomic E-state index is 5.86. The first kappa shape index (κ1) is 9.44. The number of aromatic nitrogens is 1. The minimum Gasteiger partial charge on any atom is -0.240 e. The third kappa shape index (κ3) is 1.87. The zero-order valence-corrected chi connectivity index (χ0v) is 10.1. The van der Waals surface area contributed by atoms with Gasteiger partial charge in [-0.1, -0.05) is 27.5 Å². The summed E-state index contributed by atoms with van der Waals surface area (Å²) in [4.78, 5) is 4.77. The van der Waals surface area contributed by atoms with Crippen molar-refractivity contribution in [2.75, 3.05) is 0 Å². The number of benzene rings is 1. The van der Waals surface area contributed by atoms with Crippen LogP contribution in [0.1, 0.15) is 16.8 Å². The van der Waals surface area contributed by atoms with Crippen LogP contribution in [0.4, 0.5) is 0 Å². The Kier molecular flexibility index (Phi) is 2.58. The van der Waals surface area contributed by atoms with E-state index in [9.17, 15) is 0 Å². The molecular weight excluding hydrogens is 270 g/mol. The summed E-state index contributed by atoms with van der Waals surface area (Å²) in [5.41, 5.74) is 0.985. The van der Waals surface area contributed by atoms with Gasteiger partial charge in [0, 0.05) is 5.02 Å². The first-order valence-electron chi connectivity index (χ1n) is 3.87. The summed E-state index contributed by atoms with van der Waals surface area (Å²) in [6, 6.07) is 5.80. The van der Waals surface area contributed by atoms with Crippen LogP contribution < -0.4 is 0 Å². The Bertz CT molecular complexity index is 438. The number of rotatable bonds is 1. The molecule has 68 valence electrons. The summed E-state index contributed by atoms with van der Waals surface area (Å²) in [7, 11) is 0. The van der Waals surface area contributed by atoms with Crippen LogP contribution in [-0.2, 0) is 0 Å². The molecule has 0 N–H and O–H groups in total. The van der Waals surface area contributed by atoms with Crippen LogP contribution in [-0.4, -0.2) is 4.98 Å². The highest BCUT2D eigenvalue weighted by atomic mass is 79.9. The highest BCUT2D eigenvalue weighted by molar-refractivity contribution is 9.09. The second kappa shape index (κ2) is 3.56. The number of thiazole rings is 1. The average molecular weight is 277 g/mol. The van der Waals surface area contributed by atoms with Crippen molar-refractivity contribution in [2.24, 2.45) is 0 Å². The third-order valence-corrected chi connectivity index (χ3v) is 3.90. The van der Waals surface area contributed by atoms with Gasteiger partial charge in [-0.3, -0.25) is 0 Å². The van der Waals surface area contributed by atoms with Gasteiger partial charge in [0.1, 0.15) is 5.01 Å². The zero-order valence-electron chi connectivity index (χ0n) is 6.92. The van der Waals surface area contributed by atoms with Gasteiger partial charge in [-0.25, -0.2) is 4.98 Å². The molecule has 0 aliphatic heterocycles. The molecule has 4 heteroatoms. The fourth-order valence-electron chi connectivity index (χ4n) is 1.09. The maximum Gasteiger partial charge on any atom is 0.107 e. The Morgan fingerprint density at radius 3 is 3.00 bits per heavy atom. The molecule has 1 unspecified atom stereocenters. The van der Waals surface area contributed by atoms with Crippen LogP contribution in [0.25, 0.3) is 10.2 Å². The predicted octanol–water partition coefficient (Wildman–Crippen LogP) is 4.41. The van der Waals surface area contributed by atoms with Gasteiger partial charge in [0.25, 0.3) is 0 Å². The topological polar surface area (TPSA) is 12.9 Å². The number of nitrogens with zero attached hydrogens (tertiary/aromatic N) is 1. The van der Waals surface area contributed by atoms with E-state index in [1.807, 2.05) is 18.2 Å². The lowest BCUT2D eigenvalue weighted by atomic mass is 10.3. The van der Waals surface area contributed by atoms with Gasteiger partial charge in [0.15, 0.2) is 0 Å². The zero-order chi connectivity index (χ0) is 9.42. The van der Waals surface area contributed by atoms with E-state index in [0.717, 1.165) is 15.5 Å². The second-order valence-corrected chi connectivity index (χ2v) is 5.65. The molecule has 1 atom stereocenters. The normalized spacial score (nSPS) is 13.5. The third-order valence-electron chi connectivity index (χ3n) is 1.71. The molecule has 0 fully saturated rings. The lowest BCUT2D eigenvalue weighted by Gasteiger charge is -1.92. The van der Waals surface area contributed by atoms with E-state index < -0.39 is 0 Å². The SMILES string of the molecule is CC(Br)c1nc2cc(Cl)ccc2s1. The summed E-state index contributed by atoms with van der Waals surface area (Å²) in [5, 5.41) is 1.84. The van der Waals surface area contributed by atoms with Gasteiger partial charge in [0.05, 0.1) is 15.0 Å². The van der Waals surface area contributed by atoms with Crippen LogP contribution >= 0.6 is 38.9 Å². The van der Waals surface area contributed by atoms with Crippen molar-refractivity contribution in [3.63, 3.8) is 0 Å². The van der Waals surface area contributed by atoms with Crippen molar-refractivity contribution in [2.45, 2.75) is 11.8 Å². The van der Waals surface area contributed by atoms with Crippen molar-refractivity contribution < 1.29 is 0 Å². The molecule has 0 aliphatic carbocycles. The molecule has 13 heavy (non-hydrogen) atoms. The number of fused-ring (bicyclic) bond motifs is 1. The van der Waals surface area contributed by atoms with Crippen molar-refractivity contribution in [3.05, 3.63) is 28.2 Å². The molecular formula is C9H7BrClNS. The van der Waals surface area contributed by atoms with E-state index in [0.29, 0.717) is 4.83 Å². The molecule has 0 bridgehead atoms. The van der Waals surface area contributed by atoms with Crippen LogP contribution in [0.15, 0.2) is 18.2 Å². The van der Waals surface area contributed by atoms with Crippen LogP contribution in [0, 0.1) is 0 Å². The quantitative estimate of drug-likeness (QED) is 0.703. The number of halogens is 2. The van der Waals surface area contributed by atoms with Crippen LogP contribution in [0.5, 0.6) is 0 Å². The van der Waals surface area contributed by atoms with Crippen molar-refractivity contribution in [1.82, 2.24) is 4.98 Å². The molecule has 1 aromatic heterocycles. The Hall–Kier alpha value is -0.120. The van der Waals surface area contributed by atoms with E-state index in [1.54, 1.807) is 11.3 Å². The van der Waals surface area contributed by atoms with Crippen molar-refractivity contribution in [3.8, 4) is 0 Å². The Morgan fingerprint density at radius 2 is 2.31 bits per heavy atom. The minimum absolute atomic E-state index is 0.309. The first-order chi connectivity index (χ1) is 6.16. The summed E-state index contributed by atoms with van der Waals surface area (Å²) in [6.45, 7) is 2.07. The van der Waals surface area contributed by atoms with Gasteiger partial charge in [-0.15, -0.1) is 11.3 Å². The molecule has 1 nitrogen and oxygen atoms in total. The van der Waals surface area contributed by atoms with Crippen molar-refractivity contribution >= 4 is 49.1 Å². The maximum atomic E-state index is 5.86. The minimum atomic E-state index is 0.309. The van der Waals surface area contributed by atoms with Gasteiger partial charge in [-0.05, 0) is 25.1 Å².